The number of nitrogens with zero attached hydrogens (tertiary/aromatic N) is 3. The molecule has 0 bridgehead atoms. The van der Waals surface area contributed by atoms with Crippen LogP contribution in [0.2, 0.25) is 0 Å². The highest BCUT2D eigenvalue weighted by molar-refractivity contribution is 5.89. The molecule has 0 saturated carbocycles. The zero-order valence-corrected chi connectivity index (χ0v) is 11.2. The van der Waals surface area contributed by atoms with Crippen LogP contribution in [0.15, 0.2) is 24.3 Å². The molecule has 19 heavy (non-hydrogen) atoms. The average molecular weight is 256 g/mol. The highest BCUT2D eigenvalue weighted by atomic mass is 15.2. The first-order valence-corrected chi connectivity index (χ1v) is 7.09. The molecule has 1 saturated heterocycles. The molecule has 0 spiro atoms. The smallest absolute Gasteiger partial charge is 0.140 e. The first kappa shape index (κ1) is 12.4. The van der Waals surface area contributed by atoms with Gasteiger partial charge < -0.3 is 10.6 Å². The number of rotatable bonds is 4. The average Bonchev–Trinajstić information content (AvgIpc) is 2.98. The fraction of sp³-hybridized carbons (Fsp3) is 0.467. The van der Waals surface area contributed by atoms with E-state index in [2.05, 4.69) is 28.1 Å². The van der Waals surface area contributed by atoms with E-state index < -0.39 is 0 Å². The normalized spacial score (nSPS) is 15.3. The minimum atomic E-state index is 0.690. The Hall–Kier alpha value is -1.68. The number of hydrogen-bond donors (Lipinski definition) is 1. The first-order chi connectivity index (χ1) is 9.38. The molecular formula is C15H20N4. The zero-order chi connectivity index (χ0) is 13.1. The Morgan fingerprint density at radius 2 is 1.89 bits per heavy atom. The topological polar surface area (TPSA) is 55.0 Å². The van der Waals surface area contributed by atoms with Gasteiger partial charge in [-0.15, -0.1) is 0 Å². The number of para-hydroxylation sites is 1. The molecule has 0 atom stereocenters. The summed E-state index contributed by atoms with van der Waals surface area (Å²) < 4.78 is 0. The van der Waals surface area contributed by atoms with E-state index in [1.165, 1.54) is 18.2 Å². The maximum Gasteiger partial charge on any atom is 0.140 e. The summed E-state index contributed by atoms with van der Waals surface area (Å²) >= 11 is 0. The lowest BCUT2D eigenvalue weighted by molar-refractivity contribution is 0.781. The SMILES string of the molecule is NCCCc1nc(N2CCCC2)c2ccccc2n1. The second kappa shape index (κ2) is 5.53. The molecule has 2 heterocycles. The predicted molar refractivity (Wildman–Crippen MR) is 78.4 cm³/mol. The maximum atomic E-state index is 5.58. The summed E-state index contributed by atoms with van der Waals surface area (Å²) in [4.78, 5) is 11.8. The van der Waals surface area contributed by atoms with E-state index in [0.717, 1.165) is 43.1 Å². The summed E-state index contributed by atoms with van der Waals surface area (Å²) in [6.07, 6.45) is 4.33. The Balaban J connectivity index is 2.05. The Bertz CT molecular complexity index is 561. The van der Waals surface area contributed by atoms with Crippen LogP contribution in [0.5, 0.6) is 0 Å². The van der Waals surface area contributed by atoms with E-state index in [4.69, 9.17) is 10.7 Å². The summed E-state index contributed by atoms with van der Waals surface area (Å²) in [6, 6.07) is 8.29. The van der Waals surface area contributed by atoms with E-state index in [1.807, 2.05) is 6.07 Å². The van der Waals surface area contributed by atoms with Crippen LogP contribution in [0.1, 0.15) is 25.1 Å². The van der Waals surface area contributed by atoms with Crippen LogP contribution in [-0.4, -0.2) is 29.6 Å². The zero-order valence-electron chi connectivity index (χ0n) is 11.2. The van der Waals surface area contributed by atoms with Crippen LogP contribution in [0.4, 0.5) is 5.82 Å². The van der Waals surface area contributed by atoms with E-state index in [-0.39, 0.29) is 0 Å². The summed E-state index contributed by atoms with van der Waals surface area (Å²) in [7, 11) is 0. The van der Waals surface area contributed by atoms with Crippen LogP contribution in [0.3, 0.4) is 0 Å². The van der Waals surface area contributed by atoms with Gasteiger partial charge in [-0.25, -0.2) is 9.97 Å². The van der Waals surface area contributed by atoms with E-state index in [1.54, 1.807) is 0 Å². The molecule has 1 fully saturated rings. The minimum absolute atomic E-state index is 0.690. The van der Waals surface area contributed by atoms with Gasteiger partial charge in [0.05, 0.1) is 5.52 Å². The molecule has 1 aliphatic heterocycles. The van der Waals surface area contributed by atoms with Gasteiger partial charge in [-0.05, 0) is 37.9 Å². The van der Waals surface area contributed by atoms with Crippen molar-refractivity contribution in [3.8, 4) is 0 Å². The molecule has 3 rings (SSSR count). The van der Waals surface area contributed by atoms with Crippen LogP contribution < -0.4 is 10.6 Å². The number of benzene rings is 1. The van der Waals surface area contributed by atoms with Crippen molar-refractivity contribution in [1.82, 2.24) is 9.97 Å². The second-order valence-electron chi connectivity index (χ2n) is 5.07. The van der Waals surface area contributed by atoms with Crippen molar-refractivity contribution in [1.29, 1.82) is 0 Å². The third-order valence-electron chi connectivity index (χ3n) is 3.64. The monoisotopic (exact) mass is 256 g/mol. The molecule has 1 aliphatic rings. The number of aromatic nitrogens is 2. The number of aryl methyl sites for hydroxylation is 1. The predicted octanol–water partition coefficient (Wildman–Crippen LogP) is 2.12. The van der Waals surface area contributed by atoms with Crippen LogP contribution >= 0.6 is 0 Å². The standard InChI is InChI=1S/C15H20N4/c16-9-5-8-14-17-13-7-2-1-6-12(13)15(18-14)19-10-3-4-11-19/h1-2,6-7H,3-5,8-11,16H2. The molecular weight excluding hydrogens is 236 g/mol. The third kappa shape index (κ3) is 2.54. The van der Waals surface area contributed by atoms with Crippen molar-refractivity contribution in [2.45, 2.75) is 25.7 Å². The molecule has 1 aromatic heterocycles. The highest BCUT2D eigenvalue weighted by Crippen LogP contribution is 2.26. The van der Waals surface area contributed by atoms with Crippen molar-refractivity contribution in [2.24, 2.45) is 5.73 Å². The Morgan fingerprint density at radius 3 is 2.68 bits per heavy atom. The first-order valence-electron chi connectivity index (χ1n) is 7.09. The summed E-state index contributed by atoms with van der Waals surface area (Å²) in [5, 5.41) is 1.17. The largest absolute Gasteiger partial charge is 0.356 e. The van der Waals surface area contributed by atoms with E-state index in [0.29, 0.717) is 6.54 Å². The molecule has 2 N–H and O–H groups in total. The molecule has 0 aliphatic carbocycles. The molecule has 4 nitrogen and oxygen atoms in total. The van der Waals surface area contributed by atoms with Crippen LogP contribution in [0.25, 0.3) is 10.9 Å². The number of nitrogens with two attached hydrogens (primary N) is 1. The number of hydrogen-bond acceptors (Lipinski definition) is 4. The van der Waals surface area contributed by atoms with E-state index >= 15 is 0 Å². The van der Waals surface area contributed by atoms with Gasteiger partial charge in [-0.3, -0.25) is 0 Å². The highest BCUT2D eigenvalue weighted by Gasteiger charge is 2.17. The summed E-state index contributed by atoms with van der Waals surface area (Å²) in [5.74, 6) is 2.03. The minimum Gasteiger partial charge on any atom is -0.356 e. The molecule has 0 radical (unpaired) electrons. The van der Waals surface area contributed by atoms with Crippen molar-refractivity contribution in [3.63, 3.8) is 0 Å². The number of anilines is 1. The second-order valence-corrected chi connectivity index (χ2v) is 5.07. The Labute approximate surface area is 113 Å². The van der Waals surface area contributed by atoms with Crippen LogP contribution in [-0.2, 0) is 6.42 Å². The lowest BCUT2D eigenvalue weighted by atomic mass is 10.2. The quantitative estimate of drug-likeness (QED) is 0.910. The Morgan fingerprint density at radius 1 is 1.11 bits per heavy atom. The van der Waals surface area contributed by atoms with Crippen molar-refractivity contribution < 1.29 is 0 Å². The van der Waals surface area contributed by atoms with E-state index in [9.17, 15) is 0 Å². The van der Waals surface area contributed by atoms with Crippen molar-refractivity contribution in [3.05, 3.63) is 30.1 Å². The van der Waals surface area contributed by atoms with Gasteiger partial charge >= 0.3 is 0 Å². The van der Waals surface area contributed by atoms with Gasteiger partial charge in [0.1, 0.15) is 11.6 Å². The van der Waals surface area contributed by atoms with Crippen molar-refractivity contribution in [2.75, 3.05) is 24.5 Å². The van der Waals surface area contributed by atoms with Gasteiger partial charge in [0.25, 0.3) is 0 Å². The van der Waals surface area contributed by atoms with Gasteiger partial charge in [0.2, 0.25) is 0 Å². The molecule has 0 unspecified atom stereocenters. The Kier molecular flexibility index (Phi) is 3.60. The molecule has 1 aromatic carbocycles. The lowest BCUT2D eigenvalue weighted by Gasteiger charge is -2.19. The van der Waals surface area contributed by atoms with Gasteiger partial charge in [-0.2, -0.15) is 0 Å². The maximum absolute atomic E-state index is 5.58. The summed E-state index contributed by atoms with van der Waals surface area (Å²) in [5.41, 5.74) is 6.63. The summed E-state index contributed by atoms with van der Waals surface area (Å²) in [6.45, 7) is 2.91. The molecule has 100 valence electrons. The fourth-order valence-corrected chi connectivity index (χ4v) is 2.65. The molecule has 0 amide bonds. The van der Waals surface area contributed by atoms with Gasteiger partial charge in [0.15, 0.2) is 0 Å². The van der Waals surface area contributed by atoms with Gasteiger partial charge in [0, 0.05) is 24.9 Å². The third-order valence-corrected chi connectivity index (χ3v) is 3.64. The fourth-order valence-electron chi connectivity index (χ4n) is 2.65. The lowest BCUT2D eigenvalue weighted by Crippen LogP contribution is -2.20. The number of fused-ring (bicyclic) bond motifs is 1. The molecule has 4 heteroatoms. The molecule has 2 aromatic rings. The van der Waals surface area contributed by atoms with Crippen LogP contribution in [0, 0.1) is 0 Å². The van der Waals surface area contributed by atoms with Crippen molar-refractivity contribution >= 4 is 16.7 Å². The van der Waals surface area contributed by atoms with Gasteiger partial charge in [-0.1, -0.05) is 12.1 Å².